The number of aromatic nitrogens is 4. The molecule has 3 rings (SSSR count). The zero-order valence-corrected chi connectivity index (χ0v) is 22.5. The summed E-state index contributed by atoms with van der Waals surface area (Å²) in [5.41, 5.74) is 5.58. The zero-order chi connectivity index (χ0) is 24.1. The van der Waals surface area contributed by atoms with Crippen LogP contribution in [0.5, 0.6) is 0 Å². The molecular weight excluding hydrogens is 554 g/mol. The number of anilines is 1. The quantitative estimate of drug-likeness (QED) is 0.152. The minimum atomic E-state index is -6.16. The number of hydrogen-bond acceptors (Lipinski definition) is 17. The van der Waals surface area contributed by atoms with Gasteiger partial charge in [-0.15, -0.1) is 0 Å². The van der Waals surface area contributed by atoms with Gasteiger partial charge in [0.05, 0.1) is 20.8 Å². The number of hydrogen-bond donors (Lipinski definition) is 3. The zero-order valence-electron chi connectivity index (χ0n) is 19.1. The van der Waals surface area contributed by atoms with Crippen molar-refractivity contribution in [1.29, 1.82) is 0 Å². The molecule has 1 saturated heterocycles. The average Bonchev–Trinajstić information content (AvgIpc) is 3.12. The summed E-state index contributed by atoms with van der Waals surface area (Å²) in [6.45, 7) is -1.10. The number of imidazole rings is 1. The van der Waals surface area contributed by atoms with E-state index < -0.39 is 54.6 Å². The Kier molecular flexibility index (Phi) is 16.2. The van der Waals surface area contributed by atoms with Gasteiger partial charge in [-0.05, 0) is 0 Å². The fraction of sp³-hybridized carbons (Fsp3) is 0.500. The van der Waals surface area contributed by atoms with E-state index in [-0.39, 0.29) is 97.7 Å². The average molecular weight is 565 g/mol. The van der Waals surface area contributed by atoms with E-state index >= 15 is 0 Å². The largest absolute Gasteiger partial charge is 1.00 e. The molecule has 6 atom stereocenters. The maximum atomic E-state index is 11.6. The van der Waals surface area contributed by atoms with E-state index in [9.17, 15) is 43.5 Å². The van der Waals surface area contributed by atoms with Gasteiger partial charge in [0.1, 0.15) is 23.8 Å². The normalized spacial score (nSPS) is 24.9. The Morgan fingerprint density at radius 3 is 2.17 bits per heavy atom. The third-order valence-electron chi connectivity index (χ3n) is 3.80. The van der Waals surface area contributed by atoms with Crippen LogP contribution in [0.15, 0.2) is 6.33 Å². The molecule has 0 radical (unpaired) electrons. The van der Waals surface area contributed by atoms with Gasteiger partial charge >= 0.3 is 75.4 Å². The fourth-order valence-electron chi connectivity index (χ4n) is 2.63. The fourth-order valence-corrected chi connectivity index (χ4v) is 5.71. The monoisotopic (exact) mass is 565 g/mol. The van der Waals surface area contributed by atoms with Crippen molar-refractivity contribution in [2.45, 2.75) is 24.5 Å². The first-order chi connectivity index (χ1) is 14.6. The molecule has 0 aliphatic carbocycles. The first-order valence-electron chi connectivity index (χ1n) is 7.97. The molecule has 6 unspecified atom stereocenters. The van der Waals surface area contributed by atoms with E-state index in [2.05, 4.69) is 28.1 Å². The van der Waals surface area contributed by atoms with E-state index in [0.717, 1.165) is 10.9 Å². The van der Waals surface area contributed by atoms with E-state index in [1.165, 1.54) is 0 Å². The van der Waals surface area contributed by atoms with Crippen molar-refractivity contribution < 1.29 is 137 Å². The van der Waals surface area contributed by atoms with Gasteiger partial charge in [-0.3, -0.25) is 18.0 Å². The van der Waals surface area contributed by atoms with E-state index in [0.29, 0.717) is 0 Å². The van der Waals surface area contributed by atoms with Crippen LogP contribution in [0.4, 0.5) is 5.95 Å². The molecule has 2 aromatic heterocycles. The predicted molar refractivity (Wildman–Crippen MR) is 91.6 cm³/mol. The van der Waals surface area contributed by atoms with Crippen molar-refractivity contribution >= 4 is 52.2 Å². The molecule has 1 aliphatic heterocycles. The van der Waals surface area contributed by atoms with E-state index in [1.54, 1.807) is 0 Å². The van der Waals surface area contributed by atoms with Crippen molar-refractivity contribution in [2.75, 3.05) is 12.3 Å². The molecule has 1 aliphatic rings. The summed E-state index contributed by atoms with van der Waals surface area (Å²) in [6.07, 6.45) is -5.33. The van der Waals surface area contributed by atoms with Gasteiger partial charge in [0.25, 0.3) is 15.6 Å². The first-order valence-corrected chi connectivity index (χ1v) is 12.7. The Bertz CT molecular complexity index is 1170. The second-order valence-electron chi connectivity index (χ2n) is 6.04. The topological polar surface area (TPSA) is 290 Å². The SMILES string of the molecule is Nc1nc(Cl)c2ncn(C3OC(COP(=O)([O-])OP(=O)([O-])OP(=O)([O-])[O-])C(O)C3O)c2n1.[Li+].[Li+].[Li+].[Li+]. The van der Waals surface area contributed by atoms with Crippen LogP contribution in [0.1, 0.15) is 6.23 Å². The number of nitrogens with two attached hydrogens (primary N) is 1. The molecule has 0 amide bonds. The molecule has 3 heterocycles. The maximum Gasteiger partial charge on any atom is 1.00 e. The number of nitrogen functional groups attached to an aromatic ring is 1. The molecule has 1 fully saturated rings. The minimum Gasteiger partial charge on any atom is -0.790 e. The van der Waals surface area contributed by atoms with Crippen LogP contribution < -0.4 is 101 Å². The number of phosphoric ester groups is 1. The number of phosphoric acid groups is 3. The summed E-state index contributed by atoms with van der Waals surface area (Å²) in [6, 6.07) is 0. The van der Waals surface area contributed by atoms with Crippen LogP contribution in [-0.4, -0.2) is 54.7 Å². The van der Waals surface area contributed by atoms with E-state index in [1.807, 2.05) is 0 Å². The van der Waals surface area contributed by atoms with Gasteiger partial charge in [0.2, 0.25) is 5.95 Å². The molecule has 0 aromatic carbocycles. The second-order valence-corrected chi connectivity index (χ2v) is 10.6. The van der Waals surface area contributed by atoms with E-state index in [4.69, 9.17) is 22.1 Å². The molecular formula is C10H11ClLi4N5O13P3. The standard InChI is InChI=1S/C10H15ClN5O13P3.4Li/c11-7-4-8(15-10(12)14-7)16(2-13-4)9-6(18)5(17)3(27-9)1-26-31(22,23)29-32(24,25)28-30(19,20)21;;;;/h2-3,5-6,9,17-18H,1H2,(H,22,23)(H,24,25)(H2,12,14,15)(H2,19,20,21);;;;/q;4*+1/p-4. The summed E-state index contributed by atoms with van der Waals surface area (Å²) in [5, 5.41) is 20.3. The van der Waals surface area contributed by atoms with Crippen molar-refractivity contribution in [1.82, 2.24) is 19.5 Å². The summed E-state index contributed by atoms with van der Waals surface area (Å²) in [5.74, 6) is -0.244. The van der Waals surface area contributed by atoms with Gasteiger partial charge in [0, 0.05) is 0 Å². The number of fused-ring (bicyclic) bond motifs is 1. The third kappa shape index (κ3) is 10.1. The molecule has 36 heavy (non-hydrogen) atoms. The molecule has 0 saturated carbocycles. The van der Waals surface area contributed by atoms with Gasteiger partial charge in [-0.2, -0.15) is 9.97 Å². The molecule has 0 spiro atoms. The van der Waals surface area contributed by atoms with Gasteiger partial charge in [-0.25, -0.2) is 9.29 Å². The second kappa shape index (κ2) is 14.8. The molecule has 2 aromatic rings. The predicted octanol–water partition coefficient (Wildman–Crippen LogP) is -15.5. The van der Waals surface area contributed by atoms with Crippen LogP contribution in [0.2, 0.25) is 5.15 Å². The Morgan fingerprint density at radius 1 is 1.03 bits per heavy atom. The van der Waals surface area contributed by atoms with Crippen LogP contribution in [0.3, 0.4) is 0 Å². The van der Waals surface area contributed by atoms with Gasteiger partial charge in [0.15, 0.2) is 17.0 Å². The molecule has 180 valence electrons. The van der Waals surface area contributed by atoms with Crippen molar-refractivity contribution in [3.05, 3.63) is 11.5 Å². The Labute approximate surface area is 255 Å². The number of rotatable bonds is 8. The summed E-state index contributed by atoms with van der Waals surface area (Å²) < 4.78 is 50.2. The number of halogens is 1. The van der Waals surface area contributed by atoms with Crippen LogP contribution >= 0.6 is 35.1 Å². The first kappa shape index (κ1) is 39.5. The number of nitrogens with zero attached hydrogens (tertiary/aromatic N) is 4. The summed E-state index contributed by atoms with van der Waals surface area (Å²) >= 11 is 5.89. The Hall–Kier alpha value is 1.32. The van der Waals surface area contributed by atoms with Crippen molar-refractivity contribution in [2.24, 2.45) is 0 Å². The number of ether oxygens (including phenoxy) is 1. The van der Waals surface area contributed by atoms with Crippen LogP contribution in [0, 0.1) is 0 Å². The van der Waals surface area contributed by atoms with Crippen molar-refractivity contribution in [3.63, 3.8) is 0 Å². The van der Waals surface area contributed by atoms with Crippen LogP contribution in [0.25, 0.3) is 11.2 Å². The third-order valence-corrected chi connectivity index (χ3v) is 7.73. The summed E-state index contributed by atoms with van der Waals surface area (Å²) in [7, 11) is -18.1. The minimum absolute atomic E-state index is 0. The summed E-state index contributed by atoms with van der Waals surface area (Å²) in [4.78, 5) is 54.9. The Morgan fingerprint density at radius 2 is 1.61 bits per heavy atom. The van der Waals surface area contributed by atoms with Crippen LogP contribution in [-0.2, 0) is 31.6 Å². The van der Waals surface area contributed by atoms with Gasteiger partial charge in [-0.1, -0.05) is 11.6 Å². The Balaban J connectivity index is 0. The van der Waals surface area contributed by atoms with Crippen molar-refractivity contribution in [3.8, 4) is 0 Å². The molecule has 0 bridgehead atoms. The number of aliphatic hydroxyl groups is 2. The smallest absolute Gasteiger partial charge is 0.790 e. The molecule has 26 heteroatoms. The number of aliphatic hydroxyl groups excluding tert-OH is 2. The molecule has 18 nitrogen and oxygen atoms in total. The van der Waals surface area contributed by atoms with Gasteiger partial charge < -0.3 is 49.3 Å². The molecule has 4 N–H and O–H groups in total. The maximum absolute atomic E-state index is 11.6.